The van der Waals surface area contributed by atoms with E-state index in [-0.39, 0.29) is 6.61 Å². The van der Waals surface area contributed by atoms with Gasteiger partial charge in [-0.25, -0.2) is 0 Å². The molecule has 2 aromatic rings. The van der Waals surface area contributed by atoms with Gasteiger partial charge in [0.15, 0.2) is 6.61 Å². The van der Waals surface area contributed by atoms with Crippen LogP contribution in [-0.2, 0) is 6.61 Å². The Morgan fingerprint density at radius 3 is 2.85 bits per heavy atom. The molecule has 0 aliphatic rings. The molecule has 1 aromatic carbocycles. The number of ether oxygens (including phenoxy) is 1. The average Bonchev–Trinajstić information content (AvgIpc) is 2.85. The fourth-order valence-electron chi connectivity index (χ4n) is 1.33. The number of aromatic nitrogens is 2. The minimum Gasteiger partial charge on any atom is -0.482 e. The molecule has 1 heterocycles. The first-order valence-electron chi connectivity index (χ1n) is 6.15. The van der Waals surface area contributed by atoms with E-state index in [0.29, 0.717) is 32.2 Å². The largest absolute Gasteiger partial charge is 0.482 e. The van der Waals surface area contributed by atoms with Crippen LogP contribution in [-0.4, -0.2) is 15.4 Å². The van der Waals surface area contributed by atoms with Crippen molar-refractivity contribution in [3.63, 3.8) is 0 Å². The molecule has 0 aliphatic heterocycles. The van der Waals surface area contributed by atoms with Gasteiger partial charge in [0.25, 0.3) is 11.1 Å². The van der Waals surface area contributed by atoms with E-state index in [1.165, 1.54) is 0 Å². The van der Waals surface area contributed by atoms with Crippen molar-refractivity contribution in [2.75, 3.05) is 0 Å². The molecule has 1 atom stereocenters. The molecular weight excluding hydrogens is 319 g/mol. The Balaban J connectivity index is 1.94. The smallest absolute Gasteiger partial charge is 0.276 e. The Morgan fingerprint density at radius 2 is 2.15 bits per heavy atom. The SMILES string of the molecule is CC[C@@H](C)Sc1nnc(COc2ccc(Cl)cc2Cl)o1. The molecule has 0 radical (unpaired) electrons. The molecule has 1 aromatic heterocycles. The molecule has 0 saturated carbocycles. The second-order valence-corrected chi connectivity index (χ2v) is 6.40. The molecular formula is C13H14Cl2N2O2S. The third kappa shape index (κ3) is 4.30. The average molecular weight is 333 g/mol. The van der Waals surface area contributed by atoms with Gasteiger partial charge in [-0.3, -0.25) is 0 Å². The second kappa shape index (κ2) is 7.20. The van der Waals surface area contributed by atoms with Crippen molar-refractivity contribution in [1.29, 1.82) is 0 Å². The Labute approximate surface area is 131 Å². The minimum absolute atomic E-state index is 0.176. The maximum atomic E-state index is 6.01. The Bertz CT molecular complexity index is 577. The third-order valence-electron chi connectivity index (χ3n) is 2.57. The lowest BCUT2D eigenvalue weighted by Gasteiger charge is -2.05. The summed E-state index contributed by atoms with van der Waals surface area (Å²) < 4.78 is 11.0. The van der Waals surface area contributed by atoms with E-state index in [4.69, 9.17) is 32.4 Å². The summed E-state index contributed by atoms with van der Waals surface area (Å²) in [4.78, 5) is 0. The lowest BCUT2D eigenvalue weighted by Crippen LogP contribution is -1.96. The highest BCUT2D eigenvalue weighted by molar-refractivity contribution is 7.99. The van der Waals surface area contributed by atoms with Gasteiger partial charge in [0, 0.05) is 10.3 Å². The Kier molecular flexibility index (Phi) is 5.57. The number of halogens is 2. The number of hydrogen-bond donors (Lipinski definition) is 0. The van der Waals surface area contributed by atoms with E-state index in [2.05, 4.69) is 24.0 Å². The van der Waals surface area contributed by atoms with Gasteiger partial charge < -0.3 is 9.15 Å². The van der Waals surface area contributed by atoms with Crippen molar-refractivity contribution in [2.45, 2.75) is 37.3 Å². The maximum absolute atomic E-state index is 6.01. The standard InChI is InChI=1S/C13H14Cl2N2O2S/c1-3-8(2)20-13-17-16-12(19-13)7-18-11-5-4-9(14)6-10(11)15/h4-6,8H,3,7H2,1-2H3/t8-/m1/s1. The third-order valence-corrected chi connectivity index (χ3v) is 4.20. The van der Waals surface area contributed by atoms with Crippen molar-refractivity contribution in [3.05, 3.63) is 34.1 Å². The van der Waals surface area contributed by atoms with Gasteiger partial charge in [-0.05, 0) is 24.6 Å². The normalized spacial score (nSPS) is 12.4. The number of benzene rings is 1. The van der Waals surface area contributed by atoms with Crippen LogP contribution in [0.2, 0.25) is 10.0 Å². The lowest BCUT2D eigenvalue weighted by molar-refractivity contribution is 0.252. The Morgan fingerprint density at radius 1 is 1.35 bits per heavy atom. The first kappa shape index (κ1) is 15.5. The van der Waals surface area contributed by atoms with Crippen molar-refractivity contribution in [2.24, 2.45) is 0 Å². The molecule has 0 unspecified atom stereocenters. The summed E-state index contributed by atoms with van der Waals surface area (Å²) in [6, 6.07) is 5.03. The summed E-state index contributed by atoms with van der Waals surface area (Å²) in [6.45, 7) is 4.40. The van der Waals surface area contributed by atoms with E-state index in [9.17, 15) is 0 Å². The van der Waals surface area contributed by atoms with Gasteiger partial charge in [0.05, 0.1) is 5.02 Å². The first-order chi connectivity index (χ1) is 9.58. The molecule has 0 spiro atoms. The number of thioether (sulfide) groups is 1. The topological polar surface area (TPSA) is 48.2 Å². The summed E-state index contributed by atoms with van der Waals surface area (Å²) in [6.07, 6.45) is 1.04. The molecule has 0 bridgehead atoms. The zero-order valence-corrected chi connectivity index (χ0v) is 13.4. The molecule has 20 heavy (non-hydrogen) atoms. The molecule has 2 rings (SSSR count). The van der Waals surface area contributed by atoms with Crippen LogP contribution in [0.5, 0.6) is 5.75 Å². The fourth-order valence-corrected chi connectivity index (χ4v) is 2.54. The summed E-state index contributed by atoms with van der Waals surface area (Å²) in [5, 5.41) is 9.91. The molecule has 7 heteroatoms. The van der Waals surface area contributed by atoms with Gasteiger partial charge in [0.1, 0.15) is 5.75 Å². The predicted octanol–water partition coefficient (Wildman–Crippen LogP) is 4.85. The summed E-state index contributed by atoms with van der Waals surface area (Å²) in [5.74, 6) is 0.951. The molecule has 108 valence electrons. The van der Waals surface area contributed by atoms with Gasteiger partial charge in [0.2, 0.25) is 0 Å². The molecule has 0 fully saturated rings. The maximum Gasteiger partial charge on any atom is 0.276 e. The van der Waals surface area contributed by atoms with E-state index in [1.54, 1.807) is 30.0 Å². The van der Waals surface area contributed by atoms with E-state index in [0.717, 1.165) is 6.42 Å². The number of rotatable bonds is 6. The van der Waals surface area contributed by atoms with Crippen LogP contribution < -0.4 is 4.74 Å². The van der Waals surface area contributed by atoms with E-state index in [1.807, 2.05) is 0 Å². The number of nitrogens with zero attached hydrogens (tertiary/aromatic N) is 2. The van der Waals surface area contributed by atoms with Crippen molar-refractivity contribution >= 4 is 35.0 Å². The van der Waals surface area contributed by atoms with Crippen molar-refractivity contribution in [1.82, 2.24) is 10.2 Å². The van der Waals surface area contributed by atoms with Gasteiger partial charge in [-0.15, -0.1) is 10.2 Å². The van der Waals surface area contributed by atoms with Gasteiger partial charge >= 0.3 is 0 Å². The fraction of sp³-hybridized carbons (Fsp3) is 0.385. The molecule has 0 aliphatic carbocycles. The summed E-state index contributed by atoms with van der Waals surface area (Å²) in [7, 11) is 0. The van der Waals surface area contributed by atoms with E-state index >= 15 is 0 Å². The summed E-state index contributed by atoms with van der Waals surface area (Å²) >= 11 is 13.4. The monoisotopic (exact) mass is 332 g/mol. The van der Waals surface area contributed by atoms with Crippen LogP contribution in [0.25, 0.3) is 0 Å². The van der Waals surface area contributed by atoms with Crippen LogP contribution in [0.3, 0.4) is 0 Å². The molecule has 0 N–H and O–H groups in total. The molecule has 0 amide bonds. The van der Waals surface area contributed by atoms with Gasteiger partial charge in [-0.1, -0.05) is 48.8 Å². The highest BCUT2D eigenvalue weighted by atomic mass is 35.5. The van der Waals surface area contributed by atoms with Crippen LogP contribution in [0.4, 0.5) is 0 Å². The quantitative estimate of drug-likeness (QED) is 0.708. The lowest BCUT2D eigenvalue weighted by atomic mass is 10.3. The number of hydrogen-bond acceptors (Lipinski definition) is 5. The molecule has 4 nitrogen and oxygen atoms in total. The van der Waals surface area contributed by atoms with Crippen LogP contribution in [0.1, 0.15) is 26.2 Å². The zero-order chi connectivity index (χ0) is 14.5. The van der Waals surface area contributed by atoms with E-state index < -0.39 is 0 Å². The second-order valence-electron chi connectivity index (χ2n) is 4.16. The van der Waals surface area contributed by atoms with Crippen molar-refractivity contribution in [3.8, 4) is 5.75 Å². The van der Waals surface area contributed by atoms with Crippen LogP contribution in [0, 0.1) is 0 Å². The predicted molar refractivity (Wildman–Crippen MR) is 80.7 cm³/mol. The highest BCUT2D eigenvalue weighted by Crippen LogP contribution is 2.28. The van der Waals surface area contributed by atoms with Gasteiger partial charge in [-0.2, -0.15) is 0 Å². The highest BCUT2D eigenvalue weighted by Gasteiger charge is 2.11. The van der Waals surface area contributed by atoms with Crippen LogP contribution >= 0.6 is 35.0 Å². The first-order valence-corrected chi connectivity index (χ1v) is 7.79. The molecule has 0 saturated heterocycles. The van der Waals surface area contributed by atoms with Crippen LogP contribution in [0.15, 0.2) is 27.8 Å². The summed E-state index contributed by atoms with van der Waals surface area (Å²) in [5.41, 5.74) is 0. The minimum atomic E-state index is 0.176. The zero-order valence-electron chi connectivity index (χ0n) is 11.1. The Hall–Kier alpha value is -0.910. The van der Waals surface area contributed by atoms with Crippen molar-refractivity contribution < 1.29 is 9.15 Å².